The second-order valence-corrected chi connectivity index (χ2v) is 8.93. The summed E-state index contributed by atoms with van der Waals surface area (Å²) >= 11 is 0.540. The lowest BCUT2D eigenvalue weighted by molar-refractivity contribution is -0.141. The Hall–Kier alpha value is -3.08. The monoisotopic (exact) mass is 499 g/mol. The zero-order valence-electron chi connectivity index (χ0n) is 17.9. The predicted molar refractivity (Wildman–Crippen MR) is 115 cm³/mol. The van der Waals surface area contributed by atoms with Crippen molar-refractivity contribution in [3.8, 4) is 11.1 Å². The van der Waals surface area contributed by atoms with Gasteiger partial charge in [0.05, 0.1) is 6.54 Å². The molecule has 0 bridgehead atoms. The minimum absolute atomic E-state index is 0.00611. The average molecular weight is 499 g/mol. The number of carbonyl (C=O) groups excluding carboxylic acids is 1. The number of thiophene rings is 1. The smallest absolute Gasteiger partial charge is 0.333 e. The summed E-state index contributed by atoms with van der Waals surface area (Å²) in [6.07, 6.45) is -6.95. The van der Waals surface area contributed by atoms with E-state index in [0.29, 0.717) is 27.3 Å². The van der Waals surface area contributed by atoms with Crippen LogP contribution in [0, 0.1) is 0 Å². The first-order valence-electron chi connectivity index (χ1n) is 10.3. The molecule has 0 saturated carbocycles. The van der Waals surface area contributed by atoms with Gasteiger partial charge in [0.2, 0.25) is 5.91 Å². The molecule has 0 N–H and O–H groups in total. The first-order chi connectivity index (χ1) is 15.9. The van der Waals surface area contributed by atoms with Crippen LogP contribution in [-0.4, -0.2) is 27.1 Å². The highest BCUT2D eigenvalue weighted by atomic mass is 32.1. The van der Waals surface area contributed by atoms with Crippen molar-refractivity contribution in [3.63, 3.8) is 0 Å². The minimum atomic E-state index is -4.72. The van der Waals surface area contributed by atoms with Gasteiger partial charge in [0.1, 0.15) is 4.88 Å². The van der Waals surface area contributed by atoms with Gasteiger partial charge in [-0.1, -0.05) is 30.8 Å². The van der Waals surface area contributed by atoms with E-state index in [1.807, 2.05) is 0 Å². The van der Waals surface area contributed by atoms with Crippen molar-refractivity contribution < 1.29 is 31.1 Å². The van der Waals surface area contributed by atoms with Crippen LogP contribution in [0.2, 0.25) is 0 Å². The molecule has 1 aromatic carbocycles. The molecule has 1 aliphatic heterocycles. The Kier molecular flexibility index (Phi) is 6.09. The highest BCUT2D eigenvalue weighted by Crippen LogP contribution is 2.46. The lowest BCUT2D eigenvalue weighted by Gasteiger charge is -2.33. The molecule has 4 rings (SSSR count). The number of benzene rings is 1. The van der Waals surface area contributed by atoms with E-state index in [2.05, 4.69) is 11.7 Å². The van der Waals surface area contributed by atoms with Gasteiger partial charge in [0.25, 0.3) is 0 Å². The molecule has 0 spiro atoms. The topological polar surface area (TPSA) is 38.1 Å². The Labute approximate surface area is 195 Å². The van der Waals surface area contributed by atoms with Gasteiger partial charge in [-0.15, -0.1) is 11.3 Å². The number of fused-ring (bicyclic) bond motifs is 1. The molecular weight excluding hydrogens is 480 g/mol. The van der Waals surface area contributed by atoms with Crippen molar-refractivity contribution in [2.75, 3.05) is 6.54 Å². The van der Waals surface area contributed by atoms with Crippen molar-refractivity contribution >= 4 is 17.2 Å². The normalized spacial score (nSPS) is 16.4. The fraction of sp³-hybridized carbons (Fsp3) is 0.304. The Morgan fingerprint density at radius 2 is 1.85 bits per heavy atom. The fourth-order valence-electron chi connectivity index (χ4n) is 4.16. The lowest BCUT2D eigenvalue weighted by Crippen LogP contribution is -2.37. The molecule has 0 aliphatic carbocycles. The van der Waals surface area contributed by atoms with E-state index in [1.165, 1.54) is 21.8 Å². The molecule has 1 aliphatic rings. The Morgan fingerprint density at radius 1 is 1.15 bits per heavy atom. The van der Waals surface area contributed by atoms with Gasteiger partial charge >= 0.3 is 12.4 Å². The summed E-state index contributed by atoms with van der Waals surface area (Å²) in [5.74, 6) is -1.23. The summed E-state index contributed by atoms with van der Waals surface area (Å²) in [4.78, 5) is 13.2. The van der Waals surface area contributed by atoms with Gasteiger partial charge in [-0.2, -0.15) is 31.4 Å². The SMILES string of the molecule is C=CC(=O)N1Cc2sc(C(F)(F)F)cc2[C@H](c2ccccc2-c2cn(CC)nc2C(F)(F)F)C1. The van der Waals surface area contributed by atoms with Crippen molar-refractivity contribution in [3.05, 3.63) is 75.8 Å². The highest BCUT2D eigenvalue weighted by Gasteiger charge is 2.41. The highest BCUT2D eigenvalue weighted by molar-refractivity contribution is 7.12. The van der Waals surface area contributed by atoms with Crippen LogP contribution in [0.1, 0.15) is 39.4 Å². The van der Waals surface area contributed by atoms with E-state index in [0.717, 1.165) is 12.1 Å². The van der Waals surface area contributed by atoms with Gasteiger partial charge in [0, 0.05) is 35.6 Å². The number of nitrogens with zero attached hydrogens (tertiary/aromatic N) is 3. The molecule has 0 radical (unpaired) electrons. The number of aryl methyl sites for hydroxylation is 1. The summed E-state index contributed by atoms with van der Waals surface area (Å²) in [7, 11) is 0. The zero-order valence-corrected chi connectivity index (χ0v) is 18.7. The van der Waals surface area contributed by atoms with E-state index < -0.39 is 34.7 Å². The summed E-state index contributed by atoms with van der Waals surface area (Å²) < 4.78 is 82.9. The third kappa shape index (κ3) is 4.36. The number of aromatic nitrogens is 2. The lowest BCUT2D eigenvalue weighted by atomic mass is 9.83. The summed E-state index contributed by atoms with van der Waals surface area (Å²) in [6, 6.07) is 7.29. The van der Waals surface area contributed by atoms with Crippen molar-refractivity contribution in [1.82, 2.24) is 14.7 Å². The van der Waals surface area contributed by atoms with Gasteiger partial charge in [-0.25, -0.2) is 0 Å². The van der Waals surface area contributed by atoms with Crippen LogP contribution in [0.5, 0.6) is 0 Å². The van der Waals surface area contributed by atoms with Crippen molar-refractivity contribution in [2.24, 2.45) is 0 Å². The fourth-order valence-corrected chi connectivity index (χ4v) is 5.26. The van der Waals surface area contributed by atoms with Gasteiger partial charge in [0.15, 0.2) is 5.69 Å². The van der Waals surface area contributed by atoms with Crippen LogP contribution in [0.25, 0.3) is 11.1 Å². The van der Waals surface area contributed by atoms with E-state index >= 15 is 0 Å². The molecule has 2 aromatic heterocycles. The van der Waals surface area contributed by atoms with Crippen LogP contribution in [0.15, 0.2) is 49.2 Å². The Balaban J connectivity index is 1.91. The van der Waals surface area contributed by atoms with E-state index in [1.54, 1.807) is 25.1 Å². The number of hydrogen-bond acceptors (Lipinski definition) is 3. The van der Waals surface area contributed by atoms with E-state index in [9.17, 15) is 31.1 Å². The zero-order chi connectivity index (χ0) is 24.8. The number of alkyl halides is 6. The van der Waals surface area contributed by atoms with E-state index in [4.69, 9.17) is 0 Å². The summed E-state index contributed by atoms with van der Waals surface area (Å²) in [5, 5.41) is 3.67. The predicted octanol–water partition coefficient (Wildman–Crippen LogP) is 6.33. The van der Waals surface area contributed by atoms with Crippen LogP contribution in [-0.2, 0) is 30.2 Å². The number of rotatable bonds is 4. The third-order valence-corrected chi connectivity index (χ3v) is 6.88. The Bertz CT molecular complexity index is 1240. The van der Waals surface area contributed by atoms with Crippen LogP contribution >= 0.6 is 11.3 Å². The maximum atomic E-state index is 13.8. The number of carbonyl (C=O) groups is 1. The molecule has 0 unspecified atom stereocenters. The molecule has 0 saturated heterocycles. The molecular formula is C23H19F6N3OS. The molecule has 0 fully saturated rings. The second kappa shape index (κ2) is 8.61. The van der Waals surface area contributed by atoms with Gasteiger partial charge < -0.3 is 4.90 Å². The molecule has 4 nitrogen and oxygen atoms in total. The second-order valence-electron chi connectivity index (χ2n) is 7.79. The number of halogens is 6. The largest absolute Gasteiger partial charge is 0.435 e. The first kappa shape index (κ1) is 24.1. The molecule has 180 valence electrons. The van der Waals surface area contributed by atoms with Crippen LogP contribution < -0.4 is 0 Å². The molecule has 3 aromatic rings. The molecule has 3 heterocycles. The first-order valence-corrected chi connectivity index (χ1v) is 11.1. The van der Waals surface area contributed by atoms with Crippen molar-refractivity contribution in [1.29, 1.82) is 0 Å². The number of hydrogen-bond donors (Lipinski definition) is 0. The average Bonchev–Trinajstić information content (AvgIpc) is 3.42. The molecule has 34 heavy (non-hydrogen) atoms. The maximum Gasteiger partial charge on any atom is 0.435 e. The maximum absolute atomic E-state index is 13.8. The van der Waals surface area contributed by atoms with E-state index in [-0.39, 0.29) is 30.8 Å². The molecule has 1 amide bonds. The molecule has 11 heteroatoms. The van der Waals surface area contributed by atoms with Gasteiger partial charge in [-0.05, 0) is 35.8 Å². The number of amides is 1. The van der Waals surface area contributed by atoms with Crippen LogP contribution in [0.3, 0.4) is 0 Å². The van der Waals surface area contributed by atoms with Gasteiger partial charge in [-0.3, -0.25) is 9.48 Å². The molecule has 1 atom stereocenters. The van der Waals surface area contributed by atoms with Crippen molar-refractivity contribution in [2.45, 2.75) is 38.3 Å². The summed E-state index contributed by atoms with van der Waals surface area (Å²) in [6.45, 7) is 5.29. The Morgan fingerprint density at radius 3 is 2.47 bits per heavy atom. The minimum Gasteiger partial charge on any atom is -0.333 e. The summed E-state index contributed by atoms with van der Waals surface area (Å²) in [5.41, 5.74) is -0.284. The standard InChI is InChI=1S/C23H19F6N3OS/c1-3-20(33)31-10-16(15-9-19(22(24,25)26)34-18(15)12-31)13-7-5-6-8-14(13)17-11-32(4-2)30-21(17)23(27,28)29/h3,5-9,11,16H,1,4,10,12H2,2H3/t16-/m0/s1. The quantitative estimate of drug-likeness (QED) is 0.311. The third-order valence-electron chi connectivity index (χ3n) is 5.70. The van der Waals surface area contributed by atoms with Crippen LogP contribution in [0.4, 0.5) is 26.3 Å².